The van der Waals surface area contributed by atoms with Gasteiger partial charge in [0, 0.05) is 25.2 Å². The quantitative estimate of drug-likeness (QED) is 0.573. The van der Waals surface area contributed by atoms with Gasteiger partial charge in [-0.15, -0.1) is 0 Å². The fourth-order valence-corrected chi connectivity index (χ4v) is 5.80. The van der Waals surface area contributed by atoms with E-state index in [1.807, 2.05) is 18.2 Å². The number of anilines is 1. The van der Waals surface area contributed by atoms with Crippen molar-refractivity contribution in [3.05, 3.63) is 59.1 Å². The predicted molar refractivity (Wildman–Crippen MR) is 131 cm³/mol. The van der Waals surface area contributed by atoms with E-state index in [1.54, 1.807) is 19.1 Å². The van der Waals surface area contributed by atoms with Crippen LogP contribution in [0.25, 0.3) is 0 Å². The molecule has 1 saturated heterocycles. The molecule has 1 amide bonds. The second kappa shape index (κ2) is 10.8. The van der Waals surface area contributed by atoms with Crippen LogP contribution in [0.4, 0.5) is 5.69 Å². The van der Waals surface area contributed by atoms with Gasteiger partial charge in [-0.25, -0.2) is 8.42 Å². The molecule has 1 fully saturated rings. The van der Waals surface area contributed by atoms with E-state index in [1.165, 1.54) is 13.2 Å². The molecule has 3 rings (SSSR count). The maximum Gasteiger partial charge on any atom is 0.243 e. The number of methoxy groups -OCH3 is 1. The average molecular weight is 495 g/mol. The van der Waals surface area contributed by atoms with Gasteiger partial charge < -0.3 is 14.8 Å². The third kappa shape index (κ3) is 5.80. The molecular formula is C24H31ClN2O5S. The van der Waals surface area contributed by atoms with E-state index >= 15 is 0 Å². The summed E-state index contributed by atoms with van der Waals surface area (Å²) in [4.78, 5) is 13.4. The molecular weight excluding hydrogens is 464 g/mol. The summed E-state index contributed by atoms with van der Waals surface area (Å²) in [5.74, 6) is 0.0763. The first-order chi connectivity index (χ1) is 15.7. The third-order valence-corrected chi connectivity index (χ3v) is 7.63. The van der Waals surface area contributed by atoms with Gasteiger partial charge in [-0.1, -0.05) is 48.9 Å². The number of sulfonamides is 1. The molecule has 2 aromatic rings. The highest BCUT2D eigenvalue weighted by molar-refractivity contribution is 7.92. The first-order valence-electron chi connectivity index (χ1n) is 11.0. The SMILES string of the molecule is CC[C@H](C(=O)NCC1(c2ccccc2)CCOCC1)N(c1ccc(OC)c(Cl)c1)S(C)(=O)=O. The lowest BCUT2D eigenvalue weighted by Gasteiger charge is -2.39. The number of halogens is 1. The number of hydrogen-bond donors (Lipinski definition) is 1. The Bertz CT molecular complexity index is 1060. The Morgan fingerprint density at radius 1 is 1.21 bits per heavy atom. The van der Waals surface area contributed by atoms with Crippen LogP contribution >= 0.6 is 11.6 Å². The normalized spacial score (nSPS) is 16.6. The van der Waals surface area contributed by atoms with Crippen LogP contribution in [0.1, 0.15) is 31.7 Å². The molecule has 1 N–H and O–H groups in total. The van der Waals surface area contributed by atoms with Gasteiger partial charge >= 0.3 is 0 Å². The molecule has 0 unspecified atom stereocenters. The highest BCUT2D eigenvalue weighted by atomic mass is 35.5. The maximum atomic E-state index is 13.4. The molecule has 1 atom stereocenters. The molecule has 1 aliphatic heterocycles. The minimum atomic E-state index is -3.77. The van der Waals surface area contributed by atoms with Crippen molar-refractivity contribution in [2.24, 2.45) is 0 Å². The Labute approximate surface area is 201 Å². The van der Waals surface area contributed by atoms with Crippen molar-refractivity contribution in [1.82, 2.24) is 5.32 Å². The lowest BCUT2D eigenvalue weighted by Crippen LogP contribution is -2.52. The maximum absolute atomic E-state index is 13.4. The highest BCUT2D eigenvalue weighted by Crippen LogP contribution is 2.35. The van der Waals surface area contributed by atoms with Gasteiger partial charge in [-0.05, 0) is 43.0 Å². The minimum Gasteiger partial charge on any atom is -0.495 e. The lowest BCUT2D eigenvalue weighted by atomic mass is 9.74. The van der Waals surface area contributed by atoms with E-state index in [9.17, 15) is 13.2 Å². The van der Waals surface area contributed by atoms with E-state index in [2.05, 4.69) is 17.4 Å². The van der Waals surface area contributed by atoms with Crippen molar-refractivity contribution in [3.63, 3.8) is 0 Å². The van der Waals surface area contributed by atoms with Crippen LogP contribution in [0.15, 0.2) is 48.5 Å². The highest BCUT2D eigenvalue weighted by Gasteiger charge is 2.37. The van der Waals surface area contributed by atoms with Crippen molar-refractivity contribution >= 4 is 33.2 Å². The average Bonchev–Trinajstić information content (AvgIpc) is 2.81. The largest absolute Gasteiger partial charge is 0.495 e. The van der Waals surface area contributed by atoms with Gasteiger partial charge in [-0.2, -0.15) is 0 Å². The molecule has 1 aliphatic rings. The standard InChI is InChI=1S/C24H31ClN2O5S/c1-4-21(27(33(3,29)30)19-10-11-22(31-2)20(25)16-19)23(28)26-17-24(12-14-32-15-13-24)18-8-6-5-7-9-18/h5-11,16,21H,4,12-15,17H2,1-3H3,(H,26,28)/t21-/m1/s1. The van der Waals surface area contributed by atoms with Crippen molar-refractivity contribution in [2.75, 3.05) is 37.4 Å². The first kappa shape index (κ1) is 25.3. The molecule has 0 aliphatic carbocycles. The summed E-state index contributed by atoms with van der Waals surface area (Å²) in [7, 11) is -2.29. The van der Waals surface area contributed by atoms with Gasteiger partial charge in [0.25, 0.3) is 0 Å². The van der Waals surface area contributed by atoms with Crippen LogP contribution in [-0.4, -0.2) is 53.5 Å². The molecule has 9 heteroatoms. The Hall–Kier alpha value is -2.29. The van der Waals surface area contributed by atoms with E-state index in [4.69, 9.17) is 21.1 Å². The molecule has 0 bridgehead atoms. The van der Waals surface area contributed by atoms with Crippen molar-refractivity contribution in [3.8, 4) is 5.75 Å². The second-order valence-electron chi connectivity index (χ2n) is 8.28. The number of rotatable bonds is 9. The smallest absolute Gasteiger partial charge is 0.243 e. The molecule has 7 nitrogen and oxygen atoms in total. The Morgan fingerprint density at radius 3 is 2.42 bits per heavy atom. The molecule has 180 valence electrons. The van der Waals surface area contributed by atoms with Crippen LogP contribution < -0.4 is 14.4 Å². The molecule has 0 spiro atoms. The molecule has 0 radical (unpaired) electrons. The topological polar surface area (TPSA) is 84.9 Å². The number of carbonyl (C=O) groups is 1. The van der Waals surface area contributed by atoms with Gasteiger partial charge in [0.05, 0.1) is 24.1 Å². The number of nitrogens with zero attached hydrogens (tertiary/aromatic N) is 1. The molecule has 1 heterocycles. The predicted octanol–water partition coefficient (Wildman–Crippen LogP) is 3.76. The minimum absolute atomic E-state index is 0.257. The zero-order chi connectivity index (χ0) is 24.1. The number of nitrogens with one attached hydrogen (secondary N) is 1. The van der Waals surface area contributed by atoms with Crippen LogP contribution in [0.2, 0.25) is 5.02 Å². The second-order valence-corrected chi connectivity index (χ2v) is 10.5. The molecule has 0 saturated carbocycles. The summed E-state index contributed by atoms with van der Waals surface area (Å²) < 4.78 is 37.4. The number of ether oxygens (including phenoxy) is 2. The first-order valence-corrected chi connectivity index (χ1v) is 13.2. The number of carbonyl (C=O) groups excluding carboxylic acids is 1. The number of hydrogen-bond acceptors (Lipinski definition) is 5. The lowest BCUT2D eigenvalue weighted by molar-refractivity contribution is -0.122. The zero-order valence-corrected chi connectivity index (χ0v) is 20.8. The molecule has 0 aromatic heterocycles. The van der Waals surface area contributed by atoms with Gasteiger partial charge in [0.2, 0.25) is 15.9 Å². The molecule has 33 heavy (non-hydrogen) atoms. The fraction of sp³-hybridized carbons (Fsp3) is 0.458. The van der Waals surface area contributed by atoms with E-state index in [0.29, 0.717) is 37.6 Å². The van der Waals surface area contributed by atoms with Gasteiger partial charge in [0.1, 0.15) is 11.8 Å². The Balaban J connectivity index is 1.87. The van der Waals surface area contributed by atoms with Crippen LogP contribution in [-0.2, 0) is 25.0 Å². The van der Waals surface area contributed by atoms with Crippen molar-refractivity contribution in [1.29, 1.82) is 0 Å². The van der Waals surface area contributed by atoms with Crippen LogP contribution in [0.5, 0.6) is 5.75 Å². The number of benzene rings is 2. The summed E-state index contributed by atoms with van der Waals surface area (Å²) in [6.45, 7) is 3.41. The summed E-state index contributed by atoms with van der Waals surface area (Å²) in [6.07, 6.45) is 2.94. The van der Waals surface area contributed by atoms with Crippen molar-refractivity contribution < 1.29 is 22.7 Å². The van der Waals surface area contributed by atoms with E-state index in [0.717, 1.165) is 29.0 Å². The Kier molecular flexibility index (Phi) is 8.26. The summed E-state index contributed by atoms with van der Waals surface area (Å²) in [5.41, 5.74) is 1.20. The summed E-state index contributed by atoms with van der Waals surface area (Å²) >= 11 is 6.24. The zero-order valence-electron chi connectivity index (χ0n) is 19.2. The number of amides is 1. The summed E-state index contributed by atoms with van der Waals surface area (Å²) in [5, 5.41) is 3.31. The van der Waals surface area contributed by atoms with Gasteiger partial charge in [0.15, 0.2) is 0 Å². The summed E-state index contributed by atoms with van der Waals surface area (Å²) in [6, 6.07) is 13.8. The monoisotopic (exact) mass is 494 g/mol. The van der Waals surface area contributed by atoms with E-state index in [-0.39, 0.29) is 16.3 Å². The Morgan fingerprint density at radius 2 is 1.88 bits per heavy atom. The molecule has 2 aromatic carbocycles. The van der Waals surface area contributed by atoms with Crippen LogP contribution in [0.3, 0.4) is 0 Å². The van der Waals surface area contributed by atoms with Crippen LogP contribution in [0, 0.1) is 0 Å². The third-order valence-electron chi connectivity index (χ3n) is 6.16. The fourth-order valence-electron chi connectivity index (χ4n) is 4.35. The van der Waals surface area contributed by atoms with Crippen molar-refractivity contribution in [2.45, 2.75) is 37.6 Å². The van der Waals surface area contributed by atoms with Gasteiger partial charge in [-0.3, -0.25) is 9.10 Å². The van der Waals surface area contributed by atoms with E-state index < -0.39 is 16.1 Å².